The fourth-order valence-electron chi connectivity index (χ4n) is 2.05. The van der Waals surface area contributed by atoms with E-state index in [0.717, 1.165) is 31.3 Å². The van der Waals surface area contributed by atoms with Crippen LogP contribution in [0.3, 0.4) is 0 Å². The van der Waals surface area contributed by atoms with E-state index < -0.39 is 0 Å². The van der Waals surface area contributed by atoms with E-state index in [2.05, 4.69) is 56.8 Å². The molecule has 1 amide bonds. The lowest BCUT2D eigenvalue weighted by molar-refractivity contribution is 0.102. The van der Waals surface area contributed by atoms with Crippen LogP contribution in [0.2, 0.25) is 0 Å². The third kappa shape index (κ3) is 3.41. The molecule has 20 heavy (non-hydrogen) atoms. The number of nitrogens with one attached hydrogen (secondary N) is 1. The van der Waals surface area contributed by atoms with E-state index in [1.54, 1.807) is 0 Å². The first-order valence-corrected chi connectivity index (χ1v) is 8.25. The van der Waals surface area contributed by atoms with Crippen molar-refractivity contribution in [1.29, 1.82) is 0 Å². The van der Waals surface area contributed by atoms with Crippen LogP contribution in [0.5, 0.6) is 0 Å². The quantitative estimate of drug-likeness (QED) is 0.651. The van der Waals surface area contributed by atoms with Gasteiger partial charge in [-0.2, -0.15) is 0 Å². The van der Waals surface area contributed by atoms with E-state index in [0.29, 0.717) is 5.56 Å². The Kier molecular flexibility index (Phi) is 5.21. The van der Waals surface area contributed by atoms with Gasteiger partial charge in [-0.25, -0.2) is 0 Å². The third-order valence-corrected chi connectivity index (χ3v) is 4.59. The summed E-state index contributed by atoms with van der Waals surface area (Å²) >= 11 is 5.59. The number of benzene rings is 2. The highest BCUT2D eigenvalue weighted by atomic mass is 127. The van der Waals surface area contributed by atoms with Gasteiger partial charge in [0.25, 0.3) is 5.91 Å². The van der Waals surface area contributed by atoms with Gasteiger partial charge in [0.1, 0.15) is 0 Å². The van der Waals surface area contributed by atoms with Crippen molar-refractivity contribution in [3.8, 4) is 0 Å². The van der Waals surface area contributed by atoms with Gasteiger partial charge < -0.3 is 5.32 Å². The first kappa shape index (κ1) is 15.5. The predicted molar refractivity (Wildman–Crippen MR) is 95.4 cm³/mol. The Labute approximate surface area is 141 Å². The molecule has 2 nitrogen and oxygen atoms in total. The molecular weight excluding hydrogens is 429 g/mol. The highest BCUT2D eigenvalue weighted by Crippen LogP contribution is 2.24. The van der Waals surface area contributed by atoms with Crippen LogP contribution in [-0.2, 0) is 6.42 Å². The van der Waals surface area contributed by atoms with Crippen molar-refractivity contribution in [1.82, 2.24) is 0 Å². The number of halogens is 2. The van der Waals surface area contributed by atoms with Gasteiger partial charge in [-0.15, -0.1) is 0 Å². The highest BCUT2D eigenvalue weighted by Gasteiger charge is 2.13. The third-order valence-electron chi connectivity index (χ3n) is 3.15. The fourth-order valence-corrected chi connectivity index (χ4v) is 3.00. The Morgan fingerprint density at radius 3 is 2.75 bits per heavy atom. The molecule has 0 atom stereocenters. The van der Waals surface area contributed by atoms with Gasteiger partial charge in [-0.1, -0.05) is 41.1 Å². The van der Waals surface area contributed by atoms with E-state index in [1.807, 2.05) is 37.3 Å². The van der Waals surface area contributed by atoms with Gasteiger partial charge in [-0.05, 0) is 65.3 Å². The van der Waals surface area contributed by atoms with Crippen LogP contribution in [0.15, 0.2) is 40.9 Å². The number of anilines is 1. The maximum atomic E-state index is 12.5. The monoisotopic (exact) mass is 443 g/mol. The van der Waals surface area contributed by atoms with Crippen LogP contribution in [0.1, 0.15) is 28.4 Å². The molecule has 0 saturated heterocycles. The molecule has 104 valence electrons. The summed E-state index contributed by atoms with van der Waals surface area (Å²) in [6.07, 6.45) is 0.896. The Bertz CT molecular complexity index is 655. The molecule has 2 aromatic rings. The van der Waals surface area contributed by atoms with Crippen LogP contribution >= 0.6 is 38.5 Å². The van der Waals surface area contributed by atoms with Crippen LogP contribution in [0, 0.1) is 10.5 Å². The minimum absolute atomic E-state index is 0.0697. The number of hydrogen-bond acceptors (Lipinski definition) is 1. The smallest absolute Gasteiger partial charge is 0.256 e. The maximum Gasteiger partial charge on any atom is 0.256 e. The average molecular weight is 444 g/mol. The van der Waals surface area contributed by atoms with Gasteiger partial charge in [0.05, 0.1) is 5.56 Å². The second kappa shape index (κ2) is 6.72. The molecule has 0 unspecified atom stereocenters. The van der Waals surface area contributed by atoms with Crippen molar-refractivity contribution in [3.05, 3.63) is 61.1 Å². The molecule has 4 heteroatoms. The Hall–Kier alpha value is -0.880. The average Bonchev–Trinajstić information content (AvgIpc) is 2.43. The maximum absolute atomic E-state index is 12.5. The molecule has 0 radical (unpaired) electrons. The molecule has 2 aromatic carbocycles. The summed E-state index contributed by atoms with van der Waals surface area (Å²) in [6.45, 7) is 4.11. The Morgan fingerprint density at radius 1 is 1.30 bits per heavy atom. The standard InChI is InChI=1S/C16H15BrINO/c1-3-11-6-4-5-10(2)15(11)19-16(20)13-9-12(17)7-8-14(13)18/h4-9H,3H2,1-2H3,(H,19,20). The topological polar surface area (TPSA) is 29.1 Å². The normalized spacial score (nSPS) is 10.4. The van der Waals surface area contributed by atoms with Gasteiger partial charge in [0, 0.05) is 13.7 Å². The number of para-hydroxylation sites is 1. The first-order chi connectivity index (χ1) is 9.52. The van der Waals surface area contributed by atoms with Crippen molar-refractivity contribution in [2.75, 3.05) is 5.32 Å². The minimum Gasteiger partial charge on any atom is -0.321 e. The summed E-state index contributed by atoms with van der Waals surface area (Å²) in [7, 11) is 0. The molecule has 0 bridgehead atoms. The second-order valence-electron chi connectivity index (χ2n) is 4.54. The summed E-state index contributed by atoms with van der Waals surface area (Å²) in [5.74, 6) is -0.0697. The SMILES string of the molecule is CCc1cccc(C)c1NC(=O)c1cc(Br)ccc1I. The highest BCUT2D eigenvalue weighted by molar-refractivity contribution is 14.1. The van der Waals surface area contributed by atoms with Gasteiger partial charge >= 0.3 is 0 Å². The lowest BCUT2D eigenvalue weighted by atomic mass is 10.1. The molecule has 0 aliphatic carbocycles. The van der Waals surface area contributed by atoms with Crippen molar-refractivity contribution >= 4 is 50.1 Å². The van der Waals surface area contributed by atoms with Gasteiger partial charge in [0.2, 0.25) is 0 Å². The number of aryl methyl sites for hydroxylation is 2. The van der Waals surface area contributed by atoms with Crippen LogP contribution in [0.4, 0.5) is 5.69 Å². The van der Waals surface area contributed by atoms with Crippen molar-refractivity contribution in [2.45, 2.75) is 20.3 Å². The predicted octanol–water partition coefficient (Wildman–Crippen LogP) is 5.18. The van der Waals surface area contributed by atoms with Crippen molar-refractivity contribution in [3.63, 3.8) is 0 Å². The van der Waals surface area contributed by atoms with E-state index in [-0.39, 0.29) is 5.91 Å². The molecule has 0 aliphatic heterocycles. The molecule has 0 aliphatic rings. The fraction of sp³-hybridized carbons (Fsp3) is 0.188. The van der Waals surface area contributed by atoms with Crippen LogP contribution in [-0.4, -0.2) is 5.91 Å². The molecule has 1 N–H and O–H groups in total. The Morgan fingerprint density at radius 2 is 2.05 bits per heavy atom. The lowest BCUT2D eigenvalue weighted by Gasteiger charge is -2.13. The molecular formula is C16H15BrINO. The lowest BCUT2D eigenvalue weighted by Crippen LogP contribution is -2.15. The second-order valence-corrected chi connectivity index (χ2v) is 6.62. The van der Waals surface area contributed by atoms with Gasteiger partial charge in [0.15, 0.2) is 0 Å². The molecule has 0 fully saturated rings. The summed E-state index contributed by atoms with van der Waals surface area (Å²) in [5, 5.41) is 3.05. The zero-order valence-corrected chi connectivity index (χ0v) is 15.1. The zero-order valence-electron chi connectivity index (χ0n) is 11.3. The first-order valence-electron chi connectivity index (χ1n) is 6.37. The number of hydrogen-bond donors (Lipinski definition) is 1. The summed E-state index contributed by atoms with van der Waals surface area (Å²) < 4.78 is 1.85. The number of amides is 1. The largest absolute Gasteiger partial charge is 0.321 e. The van der Waals surface area contributed by atoms with Crippen LogP contribution < -0.4 is 5.32 Å². The molecule has 0 heterocycles. The van der Waals surface area contributed by atoms with Gasteiger partial charge in [-0.3, -0.25) is 4.79 Å². The van der Waals surface area contributed by atoms with Crippen molar-refractivity contribution in [2.24, 2.45) is 0 Å². The number of rotatable bonds is 3. The number of carbonyl (C=O) groups excluding carboxylic acids is 1. The summed E-state index contributed by atoms with van der Waals surface area (Å²) in [5.41, 5.74) is 3.85. The van der Waals surface area contributed by atoms with E-state index >= 15 is 0 Å². The van der Waals surface area contributed by atoms with Crippen LogP contribution in [0.25, 0.3) is 0 Å². The Balaban J connectivity index is 2.35. The number of carbonyl (C=O) groups is 1. The summed E-state index contributed by atoms with van der Waals surface area (Å²) in [4.78, 5) is 12.5. The minimum atomic E-state index is -0.0697. The zero-order chi connectivity index (χ0) is 14.7. The van der Waals surface area contributed by atoms with E-state index in [1.165, 1.54) is 0 Å². The van der Waals surface area contributed by atoms with Crippen molar-refractivity contribution < 1.29 is 4.79 Å². The molecule has 0 saturated carbocycles. The molecule has 0 aromatic heterocycles. The van der Waals surface area contributed by atoms with E-state index in [4.69, 9.17) is 0 Å². The molecule has 2 rings (SSSR count). The summed E-state index contributed by atoms with van der Waals surface area (Å²) in [6, 6.07) is 11.8. The van der Waals surface area contributed by atoms with E-state index in [9.17, 15) is 4.79 Å². The molecule has 0 spiro atoms.